The highest BCUT2D eigenvalue weighted by atomic mass is 79.9. The number of nitrogens with one attached hydrogen (secondary N) is 2. The van der Waals surface area contributed by atoms with Gasteiger partial charge < -0.3 is 10.7 Å². The molecule has 0 aliphatic rings. The monoisotopic (exact) mass is 353 g/mol. The lowest BCUT2D eigenvalue weighted by atomic mass is 10.1. The Morgan fingerprint density at radius 1 is 1.25 bits per heavy atom. The maximum atomic E-state index is 12.3. The second kappa shape index (κ2) is 6.26. The van der Waals surface area contributed by atoms with Crippen molar-refractivity contribution in [2.24, 2.45) is 5.84 Å². The summed E-state index contributed by atoms with van der Waals surface area (Å²) in [6, 6.07) is 10.5. The topological polar surface area (TPSA) is 67.2 Å². The Kier molecular flexibility index (Phi) is 4.65. The lowest BCUT2D eigenvalue weighted by Crippen LogP contribution is -2.17. The van der Waals surface area contributed by atoms with Gasteiger partial charge in [-0.2, -0.15) is 0 Å². The van der Waals surface area contributed by atoms with Gasteiger partial charge in [0.2, 0.25) is 0 Å². The molecule has 0 atom stereocenters. The van der Waals surface area contributed by atoms with Crippen molar-refractivity contribution in [3.63, 3.8) is 0 Å². The summed E-state index contributed by atoms with van der Waals surface area (Å²) >= 11 is 9.37. The molecule has 0 saturated carbocycles. The Labute approximate surface area is 130 Å². The zero-order valence-corrected chi connectivity index (χ0v) is 13.0. The molecule has 0 aromatic heterocycles. The quantitative estimate of drug-likeness (QED) is 0.577. The zero-order valence-electron chi connectivity index (χ0n) is 10.7. The fourth-order valence-electron chi connectivity index (χ4n) is 1.76. The van der Waals surface area contributed by atoms with Gasteiger partial charge in [0.15, 0.2) is 0 Å². The highest BCUT2D eigenvalue weighted by Crippen LogP contribution is 2.27. The number of carbonyl (C=O) groups is 1. The summed E-state index contributed by atoms with van der Waals surface area (Å²) in [6.45, 7) is 1.95. The number of benzene rings is 2. The van der Waals surface area contributed by atoms with Crippen LogP contribution in [0.5, 0.6) is 0 Å². The smallest absolute Gasteiger partial charge is 0.257 e. The zero-order chi connectivity index (χ0) is 14.7. The molecule has 2 rings (SSSR count). The van der Waals surface area contributed by atoms with Gasteiger partial charge in [0.1, 0.15) is 0 Å². The van der Waals surface area contributed by atoms with E-state index >= 15 is 0 Å². The Bertz CT molecular complexity index is 661. The van der Waals surface area contributed by atoms with Crippen molar-refractivity contribution in [3.05, 3.63) is 57.0 Å². The molecule has 0 radical (unpaired) electrons. The summed E-state index contributed by atoms with van der Waals surface area (Å²) in [5, 5.41) is 3.30. The van der Waals surface area contributed by atoms with E-state index in [-0.39, 0.29) is 5.91 Å². The first-order chi connectivity index (χ1) is 9.52. The van der Waals surface area contributed by atoms with E-state index in [1.165, 1.54) is 0 Å². The molecular formula is C14H13BrClN3O. The van der Waals surface area contributed by atoms with E-state index in [4.69, 9.17) is 17.4 Å². The number of hydrogen-bond donors (Lipinski definition) is 3. The molecule has 0 heterocycles. The Hall–Kier alpha value is -1.56. The van der Waals surface area contributed by atoms with Gasteiger partial charge in [0.25, 0.3) is 5.91 Å². The van der Waals surface area contributed by atoms with Crippen molar-refractivity contribution in [1.29, 1.82) is 0 Å². The first kappa shape index (κ1) is 14.8. The van der Waals surface area contributed by atoms with Gasteiger partial charge in [-0.1, -0.05) is 23.7 Å². The summed E-state index contributed by atoms with van der Waals surface area (Å²) in [7, 11) is 0. The molecule has 0 bridgehead atoms. The minimum absolute atomic E-state index is 0.285. The van der Waals surface area contributed by atoms with E-state index in [0.717, 1.165) is 10.0 Å². The van der Waals surface area contributed by atoms with Crippen LogP contribution in [-0.2, 0) is 0 Å². The standard InChI is InChI=1S/C14H13BrClN3O/c1-8-3-2-4-12(13(8)15)18-14(20)10-7-9(16)5-6-11(10)19-17/h2-7,19H,17H2,1H3,(H,18,20). The molecule has 0 aliphatic heterocycles. The first-order valence-corrected chi connectivity index (χ1v) is 7.02. The van der Waals surface area contributed by atoms with Crippen LogP contribution in [0.25, 0.3) is 0 Å². The molecule has 2 aromatic rings. The van der Waals surface area contributed by atoms with Crippen molar-refractivity contribution in [2.45, 2.75) is 6.92 Å². The number of aryl methyl sites for hydroxylation is 1. The van der Waals surface area contributed by atoms with E-state index in [9.17, 15) is 4.79 Å². The Morgan fingerprint density at radius 2 is 2.00 bits per heavy atom. The number of rotatable bonds is 3. The predicted molar refractivity (Wildman–Crippen MR) is 86.1 cm³/mol. The molecule has 6 heteroatoms. The van der Waals surface area contributed by atoms with Crippen LogP contribution in [0.4, 0.5) is 11.4 Å². The normalized spacial score (nSPS) is 10.2. The second-order valence-corrected chi connectivity index (χ2v) is 5.45. The third-order valence-electron chi connectivity index (χ3n) is 2.82. The largest absolute Gasteiger partial charge is 0.323 e. The summed E-state index contributed by atoms with van der Waals surface area (Å²) in [6.07, 6.45) is 0. The molecule has 0 fully saturated rings. The molecule has 4 N–H and O–H groups in total. The molecule has 20 heavy (non-hydrogen) atoms. The molecule has 0 saturated heterocycles. The van der Waals surface area contributed by atoms with Crippen LogP contribution < -0.4 is 16.6 Å². The third kappa shape index (κ3) is 3.12. The van der Waals surface area contributed by atoms with Gasteiger partial charge in [-0.05, 0) is 52.7 Å². The average molecular weight is 355 g/mol. The van der Waals surface area contributed by atoms with Crippen LogP contribution in [0, 0.1) is 6.92 Å². The number of nitrogen functional groups attached to an aromatic ring is 1. The van der Waals surface area contributed by atoms with Gasteiger partial charge in [0, 0.05) is 9.50 Å². The molecule has 0 aliphatic carbocycles. The van der Waals surface area contributed by atoms with Crippen molar-refractivity contribution in [3.8, 4) is 0 Å². The highest BCUT2D eigenvalue weighted by Gasteiger charge is 2.13. The van der Waals surface area contributed by atoms with Crippen molar-refractivity contribution >= 4 is 44.8 Å². The van der Waals surface area contributed by atoms with E-state index in [1.807, 2.05) is 25.1 Å². The molecule has 1 amide bonds. The Morgan fingerprint density at radius 3 is 2.70 bits per heavy atom. The van der Waals surface area contributed by atoms with Crippen LogP contribution >= 0.6 is 27.5 Å². The highest BCUT2D eigenvalue weighted by molar-refractivity contribution is 9.10. The first-order valence-electron chi connectivity index (χ1n) is 5.85. The van der Waals surface area contributed by atoms with Crippen molar-refractivity contribution in [1.82, 2.24) is 0 Å². The molecular weight excluding hydrogens is 342 g/mol. The fourth-order valence-corrected chi connectivity index (χ4v) is 2.30. The Balaban J connectivity index is 2.33. The van der Waals surface area contributed by atoms with Crippen LogP contribution in [0.15, 0.2) is 40.9 Å². The fraction of sp³-hybridized carbons (Fsp3) is 0.0714. The minimum Gasteiger partial charge on any atom is -0.323 e. The molecule has 0 unspecified atom stereocenters. The van der Waals surface area contributed by atoms with Crippen molar-refractivity contribution in [2.75, 3.05) is 10.7 Å². The number of carbonyl (C=O) groups excluding carboxylic acids is 1. The number of hydrazine groups is 1. The van der Waals surface area contributed by atoms with Gasteiger partial charge >= 0.3 is 0 Å². The number of hydrogen-bond acceptors (Lipinski definition) is 3. The molecule has 0 spiro atoms. The lowest BCUT2D eigenvalue weighted by molar-refractivity contribution is 0.102. The van der Waals surface area contributed by atoms with E-state index in [0.29, 0.717) is 22.0 Å². The van der Waals surface area contributed by atoms with Crippen LogP contribution in [0.1, 0.15) is 15.9 Å². The van der Waals surface area contributed by atoms with Crippen LogP contribution in [-0.4, -0.2) is 5.91 Å². The maximum Gasteiger partial charge on any atom is 0.257 e. The lowest BCUT2D eigenvalue weighted by Gasteiger charge is -2.12. The molecule has 104 valence electrons. The second-order valence-electron chi connectivity index (χ2n) is 4.22. The van der Waals surface area contributed by atoms with Gasteiger partial charge in [-0.25, -0.2) is 0 Å². The summed E-state index contributed by atoms with van der Waals surface area (Å²) in [4.78, 5) is 12.3. The molecule has 2 aromatic carbocycles. The van der Waals surface area contributed by atoms with Crippen molar-refractivity contribution < 1.29 is 4.79 Å². The third-order valence-corrected chi connectivity index (χ3v) is 4.11. The predicted octanol–water partition coefficient (Wildman–Crippen LogP) is 3.95. The maximum absolute atomic E-state index is 12.3. The van der Waals surface area contributed by atoms with Crippen LogP contribution in [0.2, 0.25) is 5.02 Å². The summed E-state index contributed by atoms with van der Waals surface area (Å²) in [5.74, 6) is 5.12. The van der Waals surface area contributed by atoms with E-state index in [1.54, 1.807) is 18.2 Å². The number of anilines is 2. The number of halogens is 2. The van der Waals surface area contributed by atoms with Gasteiger partial charge in [0.05, 0.1) is 16.9 Å². The number of amides is 1. The SMILES string of the molecule is Cc1cccc(NC(=O)c2cc(Cl)ccc2NN)c1Br. The van der Waals surface area contributed by atoms with E-state index < -0.39 is 0 Å². The van der Waals surface area contributed by atoms with Gasteiger partial charge in [-0.15, -0.1) is 0 Å². The van der Waals surface area contributed by atoms with E-state index in [2.05, 4.69) is 26.7 Å². The summed E-state index contributed by atoms with van der Waals surface area (Å²) in [5.41, 5.74) is 5.10. The molecule has 4 nitrogen and oxygen atoms in total. The minimum atomic E-state index is -0.285. The average Bonchev–Trinajstić information content (AvgIpc) is 2.43. The van der Waals surface area contributed by atoms with Crippen LogP contribution in [0.3, 0.4) is 0 Å². The van der Waals surface area contributed by atoms with Gasteiger partial charge in [-0.3, -0.25) is 10.6 Å². The summed E-state index contributed by atoms with van der Waals surface area (Å²) < 4.78 is 0.845. The number of nitrogens with two attached hydrogens (primary N) is 1.